The molecule has 5 heteroatoms. The Morgan fingerprint density at radius 3 is 2.48 bits per heavy atom. The topological polar surface area (TPSA) is 75.3 Å². The molecule has 118 valence electrons. The molecule has 1 aromatic rings. The zero-order valence-corrected chi connectivity index (χ0v) is 13.0. The fourth-order valence-corrected chi connectivity index (χ4v) is 2.87. The highest BCUT2D eigenvalue weighted by atomic mass is 35.5. The summed E-state index contributed by atoms with van der Waals surface area (Å²) in [7, 11) is 0. The molecule has 1 aliphatic rings. The van der Waals surface area contributed by atoms with Crippen LogP contribution in [0, 0.1) is 5.92 Å². The van der Waals surface area contributed by atoms with Gasteiger partial charge >= 0.3 is 0 Å². The van der Waals surface area contributed by atoms with Crippen molar-refractivity contribution in [2.75, 3.05) is 5.32 Å². The lowest BCUT2D eigenvalue weighted by Crippen LogP contribution is -2.44. The molecule has 2 atom stereocenters. The van der Waals surface area contributed by atoms with Gasteiger partial charge in [-0.05, 0) is 24.5 Å². The van der Waals surface area contributed by atoms with Crippen molar-refractivity contribution in [3.8, 4) is 0 Å². The zero-order chi connectivity index (χ0) is 14.4. The number of aliphatic hydroxyl groups is 1. The number of para-hydroxylation sites is 1. The Kier molecular flexibility index (Phi) is 7.72. The van der Waals surface area contributed by atoms with Gasteiger partial charge in [-0.1, -0.05) is 50.3 Å². The van der Waals surface area contributed by atoms with Crippen LogP contribution in [0.5, 0.6) is 0 Å². The maximum Gasteiger partial charge on any atom is 0.254 e. The quantitative estimate of drug-likeness (QED) is 0.782. The average Bonchev–Trinajstić information content (AvgIpc) is 2.48. The molecule has 1 unspecified atom stereocenters. The molecule has 1 aromatic carbocycles. The van der Waals surface area contributed by atoms with Crippen LogP contribution in [0.3, 0.4) is 0 Å². The summed E-state index contributed by atoms with van der Waals surface area (Å²) in [5.41, 5.74) is 6.67. The minimum Gasteiger partial charge on any atom is -0.382 e. The summed E-state index contributed by atoms with van der Waals surface area (Å²) >= 11 is 0. The number of rotatable bonds is 5. The molecule has 1 amide bonds. The van der Waals surface area contributed by atoms with Gasteiger partial charge in [0.1, 0.15) is 6.10 Å². The van der Waals surface area contributed by atoms with E-state index in [4.69, 9.17) is 5.73 Å². The van der Waals surface area contributed by atoms with Gasteiger partial charge in [0.2, 0.25) is 0 Å². The van der Waals surface area contributed by atoms with Crippen LogP contribution in [-0.4, -0.2) is 23.2 Å². The third-order valence-corrected chi connectivity index (χ3v) is 4.05. The highest BCUT2D eigenvalue weighted by molar-refractivity contribution is 5.94. The summed E-state index contributed by atoms with van der Waals surface area (Å²) < 4.78 is 0. The number of nitrogens with one attached hydrogen (secondary N) is 1. The summed E-state index contributed by atoms with van der Waals surface area (Å²) in [5.74, 6) is 0.137. The van der Waals surface area contributed by atoms with E-state index in [1.54, 1.807) is 12.1 Å². The highest BCUT2D eigenvalue weighted by Gasteiger charge is 2.26. The van der Waals surface area contributed by atoms with Gasteiger partial charge < -0.3 is 16.2 Å². The van der Waals surface area contributed by atoms with E-state index in [-0.39, 0.29) is 12.4 Å². The predicted octanol–water partition coefficient (Wildman–Crippen LogP) is 2.71. The number of carbonyl (C=O) groups excluding carboxylic acids is 1. The van der Waals surface area contributed by atoms with Crippen LogP contribution < -0.4 is 11.1 Å². The SMILES string of the molecule is Cl.N[C@H](CC1CCCCC1)C(O)C(=O)Nc1ccccc1. The van der Waals surface area contributed by atoms with Crippen LogP contribution in [0.15, 0.2) is 30.3 Å². The van der Waals surface area contributed by atoms with Gasteiger partial charge in [-0.15, -0.1) is 12.4 Å². The number of amides is 1. The lowest BCUT2D eigenvalue weighted by molar-refractivity contribution is -0.125. The Morgan fingerprint density at radius 1 is 1.24 bits per heavy atom. The van der Waals surface area contributed by atoms with Crippen molar-refractivity contribution >= 4 is 24.0 Å². The molecule has 21 heavy (non-hydrogen) atoms. The summed E-state index contributed by atoms with van der Waals surface area (Å²) in [6.45, 7) is 0. The fraction of sp³-hybridized carbons (Fsp3) is 0.562. The van der Waals surface area contributed by atoms with Gasteiger partial charge in [-0.2, -0.15) is 0 Å². The summed E-state index contributed by atoms with van der Waals surface area (Å²) in [5, 5.41) is 12.7. The molecule has 0 aromatic heterocycles. The molecule has 1 saturated carbocycles. The van der Waals surface area contributed by atoms with Gasteiger partial charge in [-0.25, -0.2) is 0 Å². The van der Waals surface area contributed by atoms with Gasteiger partial charge in [-0.3, -0.25) is 4.79 Å². The Bertz CT molecular complexity index is 422. The minimum absolute atomic E-state index is 0. The predicted molar refractivity (Wildman–Crippen MR) is 87.5 cm³/mol. The molecule has 2 rings (SSSR count). The van der Waals surface area contributed by atoms with Crippen molar-refractivity contribution in [2.45, 2.75) is 50.7 Å². The van der Waals surface area contributed by atoms with Crippen LogP contribution in [0.25, 0.3) is 0 Å². The minimum atomic E-state index is -1.14. The number of hydrogen-bond donors (Lipinski definition) is 3. The number of anilines is 1. The van der Waals surface area contributed by atoms with E-state index in [0.29, 0.717) is 11.6 Å². The van der Waals surface area contributed by atoms with Crippen LogP contribution in [0.4, 0.5) is 5.69 Å². The van der Waals surface area contributed by atoms with Crippen molar-refractivity contribution in [3.05, 3.63) is 30.3 Å². The second-order valence-electron chi connectivity index (χ2n) is 5.70. The number of hydrogen-bond acceptors (Lipinski definition) is 3. The standard InChI is InChI=1S/C16H24N2O2.ClH/c17-14(11-12-7-3-1-4-8-12)15(19)16(20)18-13-9-5-2-6-10-13;/h2,5-6,9-10,12,14-15,19H,1,3-4,7-8,11,17H2,(H,18,20);1H/t14-,15?;/m1./s1. The van der Waals surface area contributed by atoms with E-state index in [2.05, 4.69) is 5.32 Å². The molecule has 0 aliphatic heterocycles. The molecule has 0 heterocycles. The lowest BCUT2D eigenvalue weighted by Gasteiger charge is -2.26. The summed E-state index contributed by atoms with van der Waals surface area (Å²) in [6, 6.07) is 8.64. The molecule has 0 bridgehead atoms. The first-order valence-corrected chi connectivity index (χ1v) is 7.46. The maximum absolute atomic E-state index is 12.0. The number of nitrogens with two attached hydrogens (primary N) is 1. The fourth-order valence-electron chi connectivity index (χ4n) is 2.87. The molecule has 0 spiro atoms. The van der Waals surface area contributed by atoms with Crippen molar-refractivity contribution in [1.29, 1.82) is 0 Å². The van der Waals surface area contributed by atoms with Gasteiger partial charge in [0.25, 0.3) is 5.91 Å². The Morgan fingerprint density at radius 2 is 1.86 bits per heavy atom. The van der Waals surface area contributed by atoms with E-state index >= 15 is 0 Å². The van der Waals surface area contributed by atoms with Gasteiger partial charge in [0.15, 0.2) is 0 Å². The molecule has 1 fully saturated rings. The van der Waals surface area contributed by atoms with Crippen molar-refractivity contribution in [3.63, 3.8) is 0 Å². The summed E-state index contributed by atoms with van der Waals surface area (Å²) in [6.07, 6.45) is 5.69. The van der Waals surface area contributed by atoms with E-state index in [1.807, 2.05) is 18.2 Å². The molecule has 4 nitrogen and oxygen atoms in total. The highest BCUT2D eigenvalue weighted by Crippen LogP contribution is 2.27. The second-order valence-corrected chi connectivity index (χ2v) is 5.70. The molecule has 0 radical (unpaired) electrons. The lowest BCUT2D eigenvalue weighted by atomic mass is 9.84. The third-order valence-electron chi connectivity index (χ3n) is 4.05. The first-order chi connectivity index (χ1) is 9.66. The van der Waals surface area contributed by atoms with E-state index < -0.39 is 18.1 Å². The second kappa shape index (κ2) is 9.03. The molecule has 0 saturated heterocycles. The first kappa shape index (κ1) is 18.0. The van der Waals surface area contributed by atoms with Crippen molar-refractivity contribution in [2.24, 2.45) is 11.7 Å². The zero-order valence-electron chi connectivity index (χ0n) is 12.2. The number of carbonyl (C=O) groups is 1. The third kappa shape index (κ3) is 5.65. The van der Waals surface area contributed by atoms with Crippen molar-refractivity contribution < 1.29 is 9.90 Å². The smallest absolute Gasteiger partial charge is 0.254 e. The maximum atomic E-state index is 12.0. The van der Waals surface area contributed by atoms with E-state index in [1.165, 1.54) is 32.1 Å². The van der Waals surface area contributed by atoms with E-state index in [0.717, 1.165) is 6.42 Å². The molecule has 4 N–H and O–H groups in total. The monoisotopic (exact) mass is 312 g/mol. The molecule has 1 aliphatic carbocycles. The number of halogens is 1. The number of aliphatic hydroxyl groups excluding tert-OH is 1. The largest absolute Gasteiger partial charge is 0.382 e. The van der Waals surface area contributed by atoms with Gasteiger partial charge in [0, 0.05) is 11.7 Å². The molecular weight excluding hydrogens is 288 g/mol. The number of benzene rings is 1. The van der Waals surface area contributed by atoms with Crippen LogP contribution >= 0.6 is 12.4 Å². The van der Waals surface area contributed by atoms with Crippen LogP contribution in [0.1, 0.15) is 38.5 Å². The molecular formula is C16H25ClN2O2. The normalized spacial score (nSPS) is 18.4. The van der Waals surface area contributed by atoms with E-state index in [9.17, 15) is 9.90 Å². The summed E-state index contributed by atoms with van der Waals surface area (Å²) in [4.78, 5) is 12.0. The average molecular weight is 313 g/mol. The Labute approximate surface area is 132 Å². The Balaban J connectivity index is 0.00000220. The van der Waals surface area contributed by atoms with Crippen LogP contribution in [-0.2, 0) is 4.79 Å². The Hall–Kier alpha value is -1.10. The van der Waals surface area contributed by atoms with Crippen LogP contribution in [0.2, 0.25) is 0 Å². The van der Waals surface area contributed by atoms with Gasteiger partial charge in [0.05, 0.1) is 0 Å². The first-order valence-electron chi connectivity index (χ1n) is 7.46. The van der Waals surface area contributed by atoms with Crippen molar-refractivity contribution in [1.82, 2.24) is 0 Å².